The van der Waals surface area contributed by atoms with E-state index in [4.69, 9.17) is 28.4 Å². The van der Waals surface area contributed by atoms with Gasteiger partial charge in [0.2, 0.25) is 0 Å². The van der Waals surface area contributed by atoms with Crippen LogP contribution >= 0.6 is 0 Å². The van der Waals surface area contributed by atoms with Crippen molar-refractivity contribution in [1.29, 1.82) is 0 Å². The highest BCUT2D eigenvalue weighted by atomic mass is 16.7. The number of unbranched alkanes of at least 4 members (excludes halogenated alkanes) is 5. The lowest BCUT2D eigenvalue weighted by atomic mass is 9.73. The van der Waals surface area contributed by atoms with Gasteiger partial charge in [-0.2, -0.15) is 10.1 Å². The molecule has 6 aliphatic rings. The van der Waals surface area contributed by atoms with E-state index in [0.717, 1.165) is 124 Å². The van der Waals surface area contributed by atoms with Crippen LogP contribution in [0.5, 0.6) is 11.5 Å². The van der Waals surface area contributed by atoms with Crippen molar-refractivity contribution in [3.8, 4) is 11.5 Å². The van der Waals surface area contributed by atoms with E-state index in [0.29, 0.717) is 61.9 Å². The number of carbonyl (C=O) groups excluding carboxylic acids is 4. The summed E-state index contributed by atoms with van der Waals surface area (Å²) in [6, 6.07) is 8.70. The maximum absolute atomic E-state index is 12.3. The maximum Gasteiger partial charge on any atom is 0.306 e. The van der Waals surface area contributed by atoms with Crippen molar-refractivity contribution in [2.24, 2.45) is 11.8 Å². The Morgan fingerprint density at radius 1 is 0.393 bits per heavy atom. The summed E-state index contributed by atoms with van der Waals surface area (Å²) in [5.74, 6) is 2.02. The quantitative estimate of drug-likeness (QED) is 0.0365. The maximum atomic E-state index is 12.3. The lowest BCUT2D eigenvalue weighted by Gasteiger charge is -2.51. The summed E-state index contributed by atoms with van der Waals surface area (Å²) in [5.41, 5.74) is 4.17. The fourth-order valence-electron chi connectivity index (χ4n) is 19.1. The SMILES string of the molecule is CC1(C)CC(OC(=O)CCC(=O)OC2CC(C)(C)N(O)C(C)(C)C2)CC(C)(C)N1O.CC1(C)CC(OC(=O)CCCCCCCCC(=O)OC2CC(C)(C)NC(C)(C)C2)CC(C)(C)N1.CCCC1CCC(c2cc(C(C)(C)C)c(O)c(C(C)(C)C)c2)CC1.CCCC1COC(c2cc(C(C)(C)C)c(O)c(C(C)(C)C)c2)OC1. The first-order valence-electron chi connectivity index (χ1n) is 43.4. The molecule has 112 heavy (non-hydrogen) atoms. The van der Waals surface area contributed by atoms with Crippen molar-refractivity contribution in [2.45, 2.75) is 477 Å². The molecule has 6 N–H and O–H groups in total. The fourth-order valence-corrected chi connectivity index (χ4v) is 19.1. The van der Waals surface area contributed by atoms with Crippen LogP contribution in [0.25, 0.3) is 0 Å². The van der Waals surface area contributed by atoms with Gasteiger partial charge in [-0.05, 0) is 229 Å². The monoisotopic (exact) mass is 1570 g/mol. The predicted molar refractivity (Wildman–Crippen MR) is 452 cm³/mol. The number of esters is 4. The van der Waals surface area contributed by atoms with Crippen LogP contribution in [-0.2, 0) is 69.3 Å². The number of hydrogen-bond donors (Lipinski definition) is 6. The molecule has 0 radical (unpaired) electrons. The molecular weight excluding hydrogens is 1410 g/mol. The largest absolute Gasteiger partial charge is 0.507 e. The molecule has 0 bridgehead atoms. The number of nitrogens with one attached hydrogen (secondary N) is 2. The Kier molecular flexibility index (Phi) is 34.6. The van der Waals surface area contributed by atoms with Gasteiger partial charge in [-0.1, -0.05) is 154 Å². The summed E-state index contributed by atoms with van der Waals surface area (Å²) in [7, 11) is 0. The lowest BCUT2D eigenvalue weighted by molar-refractivity contribution is -0.260. The Bertz CT molecular complexity index is 2970. The zero-order chi connectivity index (χ0) is 85.0. The van der Waals surface area contributed by atoms with Crippen molar-refractivity contribution in [2.75, 3.05) is 13.2 Å². The zero-order valence-electron chi connectivity index (χ0n) is 76.5. The van der Waals surface area contributed by atoms with E-state index in [-0.39, 0.29) is 99.3 Å². The van der Waals surface area contributed by atoms with Crippen molar-refractivity contribution in [3.05, 3.63) is 57.6 Å². The minimum atomic E-state index is -0.507. The number of rotatable bonds is 22. The molecule has 2 aromatic rings. The van der Waals surface area contributed by atoms with Gasteiger partial charge in [0.25, 0.3) is 0 Å². The third-order valence-electron chi connectivity index (χ3n) is 23.7. The van der Waals surface area contributed by atoms with Crippen molar-refractivity contribution < 1.29 is 68.2 Å². The predicted octanol–water partition coefficient (Wildman–Crippen LogP) is 22.0. The van der Waals surface area contributed by atoms with Crippen LogP contribution in [-0.4, -0.2) is 137 Å². The van der Waals surface area contributed by atoms with E-state index < -0.39 is 34.1 Å². The molecule has 5 heterocycles. The van der Waals surface area contributed by atoms with Crippen LogP contribution in [0, 0.1) is 11.8 Å². The molecule has 1 aliphatic carbocycles. The van der Waals surface area contributed by atoms with E-state index in [1.807, 2.05) is 55.4 Å². The van der Waals surface area contributed by atoms with Gasteiger partial charge >= 0.3 is 23.9 Å². The van der Waals surface area contributed by atoms with Crippen LogP contribution in [0.1, 0.15) is 420 Å². The molecule has 644 valence electrons. The standard InChI is InChI=1S/C28H52N2O4.C23H38O.C22H40N2O6.C21H34O3/c1-25(2)17-21(18-26(3,4)29-25)33-23(31)15-13-11-9-10-12-14-16-24(32)34-22-19-27(5,6)30-28(7,8)20-22;1-8-9-16-10-12-17(13-11-16)18-14-19(22(2,3)4)21(24)20(15-18)23(5,6)7;1-19(2)11-15(12-20(3,4)23(19)27)29-17(25)9-10-18(26)30-16-13-21(5,6)24(28)22(7,8)14-16;1-8-9-14-12-23-19(24-13-14)15-10-16(20(2,3)4)18(22)17(11-15)21(5,6)7/h21-22,29-30H,9-20H2,1-8H3;14-17,24H,8-13H2,1-7H3;15-16,27-28H,9-14H2,1-8H3;10-11,14,19,22H,8-9,12-13H2,1-7H3. The van der Waals surface area contributed by atoms with Gasteiger partial charge in [-0.3, -0.25) is 19.2 Å². The lowest BCUT2D eigenvalue weighted by Crippen LogP contribution is -2.60. The smallest absolute Gasteiger partial charge is 0.306 e. The van der Waals surface area contributed by atoms with Crippen LogP contribution in [0.2, 0.25) is 0 Å². The number of carbonyl (C=O) groups is 4. The van der Waals surface area contributed by atoms with Crippen LogP contribution in [0.15, 0.2) is 24.3 Å². The molecule has 8 rings (SSSR count). The second-order valence-electron chi connectivity index (χ2n) is 43.9. The molecule has 0 atom stereocenters. The highest BCUT2D eigenvalue weighted by molar-refractivity contribution is 5.78. The molecule has 18 heteroatoms. The van der Waals surface area contributed by atoms with Crippen LogP contribution in [0.3, 0.4) is 0 Å². The van der Waals surface area contributed by atoms with Gasteiger partial charge in [0.15, 0.2) is 6.29 Å². The zero-order valence-corrected chi connectivity index (χ0v) is 76.5. The minimum Gasteiger partial charge on any atom is -0.507 e. The third-order valence-corrected chi connectivity index (χ3v) is 23.7. The number of hydrogen-bond acceptors (Lipinski definition) is 18. The summed E-state index contributed by atoms with van der Waals surface area (Å²) >= 11 is 0. The fraction of sp³-hybridized carbons (Fsp3) is 0.830. The number of hydroxylamine groups is 4. The van der Waals surface area contributed by atoms with E-state index in [9.17, 15) is 39.8 Å². The molecule has 0 unspecified atom stereocenters. The highest BCUT2D eigenvalue weighted by Crippen LogP contribution is 2.47. The summed E-state index contributed by atoms with van der Waals surface area (Å²) < 4.78 is 34.8. The summed E-state index contributed by atoms with van der Waals surface area (Å²) in [5, 5.41) is 52.3. The molecule has 0 aromatic heterocycles. The second-order valence-corrected chi connectivity index (χ2v) is 43.9. The molecular formula is C94H164N4O14. The first kappa shape index (κ1) is 98.2. The number of piperidine rings is 4. The average Bonchev–Trinajstić information content (AvgIpc) is 0.779. The number of aromatic hydroxyl groups is 2. The first-order valence-corrected chi connectivity index (χ1v) is 43.4. The van der Waals surface area contributed by atoms with Crippen molar-refractivity contribution in [1.82, 2.24) is 20.8 Å². The third kappa shape index (κ3) is 30.8. The molecule has 2 aromatic carbocycles. The number of phenolic OH excluding ortho intramolecular Hbond substituents is 2. The van der Waals surface area contributed by atoms with E-state index in [2.05, 4.69) is 187 Å². The first-order chi connectivity index (χ1) is 51.1. The number of nitrogens with zero attached hydrogens (tertiary/aromatic N) is 2. The highest BCUT2D eigenvalue weighted by Gasteiger charge is 2.49. The van der Waals surface area contributed by atoms with Crippen molar-refractivity contribution >= 4 is 23.9 Å². The van der Waals surface area contributed by atoms with E-state index >= 15 is 0 Å². The Morgan fingerprint density at radius 3 is 0.938 bits per heavy atom. The molecule has 0 amide bonds. The molecule has 5 saturated heterocycles. The number of ether oxygens (including phenoxy) is 6. The Labute approximate surface area is 680 Å². The Balaban J connectivity index is 0.000000270. The summed E-state index contributed by atoms with van der Waals surface area (Å²) in [6.07, 6.45) is 21.8. The van der Waals surface area contributed by atoms with E-state index in [1.165, 1.54) is 54.2 Å². The minimum absolute atomic E-state index is 0.000484. The van der Waals surface area contributed by atoms with Gasteiger partial charge in [0.1, 0.15) is 35.9 Å². The Hall–Kier alpha value is -4.40. The number of phenols is 2. The van der Waals surface area contributed by atoms with Gasteiger partial charge in [0.05, 0.1) is 26.1 Å². The van der Waals surface area contributed by atoms with Gasteiger partial charge < -0.3 is 59.7 Å². The molecule has 6 fully saturated rings. The van der Waals surface area contributed by atoms with Gasteiger partial charge in [-0.15, -0.1) is 0 Å². The normalized spacial score (nSPS) is 24.1. The molecule has 18 nitrogen and oxygen atoms in total. The van der Waals surface area contributed by atoms with Gasteiger partial charge in [0, 0.05) is 120 Å². The average molecular weight is 1570 g/mol. The van der Waals surface area contributed by atoms with Crippen molar-refractivity contribution in [3.63, 3.8) is 0 Å². The topological polar surface area (TPSA) is 235 Å². The molecule has 0 spiro atoms. The summed E-state index contributed by atoms with van der Waals surface area (Å²) in [4.78, 5) is 49.2. The van der Waals surface area contributed by atoms with Gasteiger partial charge in [-0.25, -0.2) is 0 Å². The van der Waals surface area contributed by atoms with E-state index in [1.54, 1.807) is 0 Å². The molecule has 5 aliphatic heterocycles. The van der Waals surface area contributed by atoms with Crippen LogP contribution in [0.4, 0.5) is 0 Å². The van der Waals surface area contributed by atoms with Crippen LogP contribution < -0.4 is 10.6 Å². The molecule has 1 saturated carbocycles. The second kappa shape index (κ2) is 39.4. The number of benzene rings is 2. The summed E-state index contributed by atoms with van der Waals surface area (Å²) in [6.45, 7) is 64.6. The Morgan fingerprint density at radius 2 is 0.652 bits per heavy atom.